The average molecular weight is 350 g/mol. The zero-order valence-electron chi connectivity index (χ0n) is 14.9. The molecule has 1 aromatic heterocycles. The molecule has 6 heteroatoms. The van der Waals surface area contributed by atoms with E-state index in [1.807, 2.05) is 50.2 Å². The Labute approximate surface area is 151 Å². The van der Waals surface area contributed by atoms with Gasteiger partial charge in [0.25, 0.3) is 5.56 Å². The third kappa shape index (κ3) is 3.91. The van der Waals surface area contributed by atoms with Gasteiger partial charge in [0, 0.05) is 6.54 Å². The predicted molar refractivity (Wildman–Crippen MR) is 102 cm³/mol. The Bertz CT molecular complexity index is 953. The lowest BCUT2D eigenvalue weighted by Gasteiger charge is -2.23. The number of amides is 2. The molecule has 2 N–H and O–H groups in total. The third-order valence-corrected chi connectivity index (χ3v) is 4.31. The first kappa shape index (κ1) is 17.7. The Morgan fingerprint density at radius 1 is 1.15 bits per heavy atom. The first-order chi connectivity index (χ1) is 12.6. The molecule has 26 heavy (non-hydrogen) atoms. The van der Waals surface area contributed by atoms with Gasteiger partial charge in [-0.05, 0) is 31.5 Å². The molecule has 0 saturated carbocycles. The molecular formula is C20H22N4O2. The highest BCUT2D eigenvalue weighted by Gasteiger charge is 2.17. The van der Waals surface area contributed by atoms with Crippen molar-refractivity contribution in [3.05, 3.63) is 76.3 Å². The molecule has 1 heterocycles. The van der Waals surface area contributed by atoms with Crippen molar-refractivity contribution in [1.29, 1.82) is 0 Å². The maximum atomic E-state index is 12.6. The number of carbonyl (C=O) groups excluding carboxylic acids is 1. The average Bonchev–Trinajstić information content (AvgIpc) is 2.66. The van der Waals surface area contributed by atoms with Gasteiger partial charge < -0.3 is 15.2 Å². The second kappa shape index (κ2) is 7.82. The predicted octanol–water partition coefficient (Wildman–Crippen LogP) is 3.22. The molecule has 134 valence electrons. The topological polar surface area (TPSA) is 78.1 Å². The van der Waals surface area contributed by atoms with Crippen molar-refractivity contribution in [1.82, 2.24) is 20.2 Å². The Hall–Kier alpha value is -3.15. The fourth-order valence-electron chi connectivity index (χ4n) is 2.82. The van der Waals surface area contributed by atoms with Crippen molar-refractivity contribution in [3.8, 4) is 0 Å². The maximum Gasteiger partial charge on any atom is 0.318 e. The first-order valence-corrected chi connectivity index (χ1v) is 8.66. The van der Waals surface area contributed by atoms with Crippen LogP contribution in [-0.4, -0.2) is 27.4 Å². The summed E-state index contributed by atoms with van der Waals surface area (Å²) in [5, 5.41) is 3.53. The van der Waals surface area contributed by atoms with Crippen LogP contribution in [-0.2, 0) is 6.54 Å². The van der Waals surface area contributed by atoms with E-state index in [1.54, 1.807) is 23.1 Å². The number of para-hydroxylation sites is 1. The number of H-pyrrole nitrogens is 1. The molecule has 6 nitrogen and oxygen atoms in total. The third-order valence-electron chi connectivity index (χ3n) is 4.31. The molecule has 0 aliphatic heterocycles. The van der Waals surface area contributed by atoms with Crippen LogP contribution in [0.25, 0.3) is 10.9 Å². The molecule has 0 radical (unpaired) electrons. The van der Waals surface area contributed by atoms with Gasteiger partial charge >= 0.3 is 6.03 Å². The van der Waals surface area contributed by atoms with Crippen LogP contribution in [0.15, 0.2) is 59.4 Å². The summed E-state index contributed by atoms with van der Waals surface area (Å²) >= 11 is 0. The van der Waals surface area contributed by atoms with Gasteiger partial charge in [0.05, 0.1) is 23.5 Å². The van der Waals surface area contributed by atoms with E-state index in [4.69, 9.17) is 0 Å². The van der Waals surface area contributed by atoms with Crippen LogP contribution >= 0.6 is 0 Å². The van der Waals surface area contributed by atoms with Crippen LogP contribution in [0, 0.1) is 0 Å². The molecule has 0 spiro atoms. The molecule has 0 saturated heterocycles. The summed E-state index contributed by atoms with van der Waals surface area (Å²) in [6.07, 6.45) is 0. The van der Waals surface area contributed by atoms with Gasteiger partial charge in [0.15, 0.2) is 0 Å². The number of benzene rings is 2. The van der Waals surface area contributed by atoms with Gasteiger partial charge in [-0.1, -0.05) is 42.5 Å². The van der Waals surface area contributed by atoms with Crippen LogP contribution in [0.2, 0.25) is 0 Å². The highest BCUT2D eigenvalue weighted by atomic mass is 16.2. The van der Waals surface area contributed by atoms with Crippen molar-refractivity contribution in [2.24, 2.45) is 0 Å². The number of nitrogens with one attached hydrogen (secondary N) is 2. The van der Waals surface area contributed by atoms with Crippen molar-refractivity contribution in [2.75, 3.05) is 6.54 Å². The summed E-state index contributed by atoms with van der Waals surface area (Å²) in [5.74, 6) is 0.470. The number of fused-ring (bicyclic) bond motifs is 1. The van der Waals surface area contributed by atoms with E-state index in [0.717, 1.165) is 5.56 Å². The van der Waals surface area contributed by atoms with E-state index in [1.165, 1.54) is 0 Å². The monoisotopic (exact) mass is 350 g/mol. The highest BCUT2D eigenvalue weighted by molar-refractivity contribution is 5.77. The summed E-state index contributed by atoms with van der Waals surface area (Å²) in [6, 6.07) is 16.6. The molecule has 0 aliphatic carbocycles. The number of nitrogens with zero attached hydrogens (tertiary/aromatic N) is 2. The Kier molecular flexibility index (Phi) is 5.31. The van der Waals surface area contributed by atoms with Gasteiger partial charge in [0.2, 0.25) is 0 Å². The molecule has 1 atom stereocenters. The minimum atomic E-state index is -0.195. The zero-order valence-corrected chi connectivity index (χ0v) is 14.9. The lowest BCUT2D eigenvalue weighted by Crippen LogP contribution is -2.41. The quantitative estimate of drug-likeness (QED) is 0.742. The Morgan fingerprint density at radius 3 is 2.58 bits per heavy atom. The van der Waals surface area contributed by atoms with Crippen LogP contribution in [0.3, 0.4) is 0 Å². The first-order valence-electron chi connectivity index (χ1n) is 8.66. The van der Waals surface area contributed by atoms with E-state index in [-0.39, 0.29) is 24.2 Å². The minimum Gasteiger partial charge on any atom is -0.331 e. The summed E-state index contributed by atoms with van der Waals surface area (Å²) in [5.41, 5.74) is 1.47. The molecule has 0 bridgehead atoms. The fourth-order valence-corrected chi connectivity index (χ4v) is 2.82. The molecule has 3 rings (SSSR count). The van der Waals surface area contributed by atoms with Crippen LogP contribution < -0.4 is 10.9 Å². The summed E-state index contributed by atoms with van der Waals surface area (Å²) in [7, 11) is 0. The second-order valence-electron chi connectivity index (χ2n) is 6.13. The number of aromatic nitrogens is 2. The van der Waals surface area contributed by atoms with E-state index >= 15 is 0 Å². The van der Waals surface area contributed by atoms with Gasteiger partial charge in [-0.15, -0.1) is 0 Å². The number of hydrogen-bond donors (Lipinski definition) is 2. The van der Waals surface area contributed by atoms with E-state index < -0.39 is 0 Å². The number of carbonyl (C=O) groups is 1. The molecule has 3 aromatic rings. The maximum absolute atomic E-state index is 12.6. The second-order valence-corrected chi connectivity index (χ2v) is 6.13. The number of aromatic amines is 1. The summed E-state index contributed by atoms with van der Waals surface area (Å²) in [4.78, 5) is 33.6. The molecular weight excluding hydrogens is 328 g/mol. The molecule has 0 aliphatic rings. The van der Waals surface area contributed by atoms with Crippen molar-refractivity contribution >= 4 is 16.9 Å². The molecule has 2 aromatic carbocycles. The smallest absolute Gasteiger partial charge is 0.318 e. The highest BCUT2D eigenvalue weighted by Crippen LogP contribution is 2.12. The van der Waals surface area contributed by atoms with Gasteiger partial charge in [-0.25, -0.2) is 9.78 Å². The number of urea groups is 1. The van der Waals surface area contributed by atoms with Gasteiger partial charge in [-0.3, -0.25) is 4.79 Å². The SMILES string of the molecule is CCN(Cc1nc2ccccc2c(=O)[nH]1)C(=O)NC(C)c1ccccc1. The van der Waals surface area contributed by atoms with Crippen molar-refractivity contribution in [3.63, 3.8) is 0 Å². The number of hydrogen-bond acceptors (Lipinski definition) is 3. The lowest BCUT2D eigenvalue weighted by atomic mass is 10.1. The Balaban J connectivity index is 1.75. The number of rotatable bonds is 5. The molecule has 2 amide bonds. The van der Waals surface area contributed by atoms with Crippen LogP contribution in [0.4, 0.5) is 4.79 Å². The zero-order chi connectivity index (χ0) is 18.5. The van der Waals surface area contributed by atoms with Crippen LogP contribution in [0.1, 0.15) is 31.3 Å². The van der Waals surface area contributed by atoms with Crippen LogP contribution in [0.5, 0.6) is 0 Å². The summed E-state index contributed by atoms with van der Waals surface area (Å²) < 4.78 is 0. The van der Waals surface area contributed by atoms with E-state index in [9.17, 15) is 9.59 Å². The standard InChI is InChI=1S/C20H22N4O2/c1-3-24(20(26)21-14(2)15-9-5-4-6-10-15)13-18-22-17-12-8-7-11-16(17)19(25)23-18/h4-12,14H,3,13H2,1-2H3,(H,21,26)(H,22,23,25). The summed E-state index contributed by atoms with van der Waals surface area (Å²) in [6.45, 7) is 4.58. The van der Waals surface area contributed by atoms with E-state index in [0.29, 0.717) is 23.3 Å². The fraction of sp³-hybridized carbons (Fsp3) is 0.250. The minimum absolute atomic E-state index is 0.110. The molecule has 1 unspecified atom stereocenters. The normalized spacial score (nSPS) is 11.9. The Morgan fingerprint density at radius 2 is 1.85 bits per heavy atom. The van der Waals surface area contributed by atoms with Crippen molar-refractivity contribution < 1.29 is 4.79 Å². The molecule has 0 fully saturated rings. The van der Waals surface area contributed by atoms with Gasteiger partial charge in [0.1, 0.15) is 5.82 Å². The van der Waals surface area contributed by atoms with Crippen molar-refractivity contribution in [2.45, 2.75) is 26.4 Å². The van der Waals surface area contributed by atoms with E-state index in [2.05, 4.69) is 15.3 Å². The van der Waals surface area contributed by atoms with Gasteiger partial charge in [-0.2, -0.15) is 0 Å². The largest absolute Gasteiger partial charge is 0.331 e. The lowest BCUT2D eigenvalue weighted by molar-refractivity contribution is 0.193.